The Morgan fingerprint density at radius 2 is 1.94 bits per heavy atom. The third-order valence-electron chi connectivity index (χ3n) is 4.42. The second-order valence-corrected chi connectivity index (χ2v) is 5.44. The van der Waals surface area contributed by atoms with Crippen LogP contribution in [0.3, 0.4) is 0 Å². The van der Waals surface area contributed by atoms with Crippen molar-refractivity contribution >= 4 is 5.78 Å². The van der Waals surface area contributed by atoms with Gasteiger partial charge in [0.2, 0.25) is 0 Å². The Kier molecular flexibility index (Phi) is 3.19. The van der Waals surface area contributed by atoms with Crippen LogP contribution in [0.15, 0.2) is 0 Å². The molecule has 0 amide bonds. The van der Waals surface area contributed by atoms with Gasteiger partial charge in [0.25, 0.3) is 0 Å². The highest BCUT2D eigenvalue weighted by Gasteiger charge is 2.39. The first-order valence-electron chi connectivity index (χ1n) is 6.80. The van der Waals surface area contributed by atoms with E-state index in [1.54, 1.807) is 0 Å². The minimum Gasteiger partial charge on any atom is -0.347 e. The molecular weight excluding hydrogens is 218 g/mol. The van der Waals surface area contributed by atoms with Crippen LogP contribution >= 0.6 is 0 Å². The molecule has 3 rings (SSSR count). The highest BCUT2D eigenvalue weighted by atomic mass is 16.7. The number of nitrogens with zero attached hydrogens (tertiary/aromatic N) is 1. The maximum Gasteiger partial charge on any atom is 0.170 e. The summed E-state index contributed by atoms with van der Waals surface area (Å²) in [5.41, 5.74) is 0. The van der Waals surface area contributed by atoms with Crippen molar-refractivity contribution in [2.75, 3.05) is 32.8 Å². The molecule has 96 valence electrons. The lowest BCUT2D eigenvalue weighted by atomic mass is 9.81. The molecule has 1 aliphatic carbocycles. The summed E-state index contributed by atoms with van der Waals surface area (Å²) in [6, 6.07) is 0. The van der Waals surface area contributed by atoms with Crippen LogP contribution in [0.2, 0.25) is 0 Å². The van der Waals surface area contributed by atoms with Gasteiger partial charge in [-0.25, -0.2) is 0 Å². The van der Waals surface area contributed by atoms with Crippen LogP contribution in [-0.4, -0.2) is 49.3 Å². The molecule has 0 radical (unpaired) electrons. The monoisotopic (exact) mass is 239 g/mol. The number of piperidine rings is 1. The molecule has 4 nitrogen and oxygen atoms in total. The van der Waals surface area contributed by atoms with Gasteiger partial charge >= 0.3 is 0 Å². The van der Waals surface area contributed by atoms with Gasteiger partial charge in [0.1, 0.15) is 5.78 Å². The fourth-order valence-electron chi connectivity index (χ4n) is 3.01. The smallest absolute Gasteiger partial charge is 0.170 e. The fourth-order valence-corrected chi connectivity index (χ4v) is 3.01. The van der Waals surface area contributed by atoms with Gasteiger partial charge in [-0.05, 0) is 19.4 Å². The van der Waals surface area contributed by atoms with Crippen LogP contribution in [-0.2, 0) is 14.3 Å². The minimum absolute atomic E-state index is 0.261. The molecule has 0 N–H and O–H groups in total. The zero-order chi connectivity index (χ0) is 11.7. The molecule has 2 saturated heterocycles. The summed E-state index contributed by atoms with van der Waals surface area (Å²) in [5.74, 6) is 0.578. The molecule has 2 heterocycles. The summed E-state index contributed by atoms with van der Waals surface area (Å²) in [4.78, 5) is 13.7. The fraction of sp³-hybridized carbons (Fsp3) is 0.923. The largest absolute Gasteiger partial charge is 0.347 e. The number of ether oxygens (including phenoxy) is 2. The van der Waals surface area contributed by atoms with E-state index >= 15 is 0 Å². The lowest BCUT2D eigenvalue weighted by Gasteiger charge is -2.38. The Labute approximate surface area is 102 Å². The van der Waals surface area contributed by atoms with Crippen molar-refractivity contribution in [2.24, 2.45) is 5.92 Å². The molecule has 4 heteroatoms. The third-order valence-corrected chi connectivity index (χ3v) is 4.42. The highest BCUT2D eigenvalue weighted by Crippen LogP contribution is 2.32. The van der Waals surface area contributed by atoms with Crippen molar-refractivity contribution < 1.29 is 14.3 Å². The van der Waals surface area contributed by atoms with E-state index in [0.29, 0.717) is 11.7 Å². The predicted molar refractivity (Wildman–Crippen MR) is 62.7 cm³/mol. The van der Waals surface area contributed by atoms with Crippen LogP contribution in [0, 0.1) is 5.92 Å². The Morgan fingerprint density at radius 1 is 1.24 bits per heavy atom. The van der Waals surface area contributed by atoms with E-state index < -0.39 is 0 Å². The van der Waals surface area contributed by atoms with Crippen molar-refractivity contribution in [3.8, 4) is 0 Å². The first-order chi connectivity index (χ1) is 8.27. The van der Waals surface area contributed by atoms with Gasteiger partial charge in [-0.1, -0.05) is 0 Å². The summed E-state index contributed by atoms with van der Waals surface area (Å²) in [5, 5.41) is 0. The van der Waals surface area contributed by atoms with E-state index in [4.69, 9.17) is 9.47 Å². The van der Waals surface area contributed by atoms with Crippen molar-refractivity contribution in [1.29, 1.82) is 0 Å². The summed E-state index contributed by atoms with van der Waals surface area (Å²) in [6.07, 6.45) is 4.93. The molecule has 3 aliphatic rings. The predicted octanol–water partition coefficient (Wildman–Crippen LogP) is 1.19. The standard InChI is InChI=1S/C13H21NO3/c15-12-2-1-11(12)3-6-14-7-4-13(5-8-14)16-9-10-17-13/h11H,1-10H2. The number of hydrogen-bond acceptors (Lipinski definition) is 4. The molecule has 1 saturated carbocycles. The molecule has 1 atom stereocenters. The third kappa shape index (κ3) is 2.39. The Hall–Kier alpha value is -0.450. The van der Waals surface area contributed by atoms with Crippen LogP contribution < -0.4 is 0 Å². The van der Waals surface area contributed by atoms with Gasteiger partial charge in [-0.2, -0.15) is 0 Å². The minimum atomic E-state index is -0.261. The van der Waals surface area contributed by atoms with Crippen LogP contribution in [0.25, 0.3) is 0 Å². The first-order valence-corrected chi connectivity index (χ1v) is 6.80. The van der Waals surface area contributed by atoms with Crippen molar-refractivity contribution in [1.82, 2.24) is 4.90 Å². The van der Waals surface area contributed by atoms with E-state index in [0.717, 1.165) is 65.0 Å². The van der Waals surface area contributed by atoms with Gasteiger partial charge in [-0.3, -0.25) is 4.79 Å². The van der Waals surface area contributed by atoms with Gasteiger partial charge in [0, 0.05) is 38.3 Å². The van der Waals surface area contributed by atoms with Crippen molar-refractivity contribution in [2.45, 2.75) is 37.9 Å². The zero-order valence-electron chi connectivity index (χ0n) is 10.3. The molecule has 0 aromatic rings. The SMILES string of the molecule is O=C1CCC1CCN1CCC2(CC1)OCCO2. The molecular formula is C13H21NO3. The molecule has 0 aromatic heterocycles. The Morgan fingerprint density at radius 3 is 2.47 bits per heavy atom. The molecule has 0 bridgehead atoms. The second kappa shape index (κ2) is 4.67. The van der Waals surface area contributed by atoms with E-state index in [-0.39, 0.29) is 5.79 Å². The lowest BCUT2D eigenvalue weighted by Crippen LogP contribution is -2.46. The average molecular weight is 239 g/mol. The second-order valence-electron chi connectivity index (χ2n) is 5.44. The van der Waals surface area contributed by atoms with E-state index in [9.17, 15) is 4.79 Å². The molecule has 1 spiro atoms. The zero-order valence-corrected chi connectivity index (χ0v) is 10.3. The van der Waals surface area contributed by atoms with Gasteiger partial charge in [-0.15, -0.1) is 0 Å². The van der Waals surface area contributed by atoms with E-state index in [1.165, 1.54) is 0 Å². The van der Waals surface area contributed by atoms with Gasteiger partial charge in [0.15, 0.2) is 5.79 Å². The summed E-state index contributed by atoms with van der Waals surface area (Å²) in [6.45, 7) is 4.64. The Balaban J connectivity index is 1.40. The van der Waals surface area contributed by atoms with Crippen LogP contribution in [0.1, 0.15) is 32.1 Å². The molecule has 17 heavy (non-hydrogen) atoms. The molecule has 2 aliphatic heterocycles. The maximum absolute atomic E-state index is 11.2. The van der Waals surface area contributed by atoms with Crippen molar-refractivity contribution in [3.63, 3.8) is 0 Å². The molecule has 3 fully saturated rings. The number of ketones is 1. The quantitative estimate of drug-likeness (QED) is 0.741. The number of Topliss-reactive ketones (excluding diaryl/α,β-unsaturated/α-hetero) is 1. The number of hydrogen-bond donors (Lipinski definition) is 0. The number of carbonyl (C=O) groups excluding carboxylic acids is 1. The van der Waals surface area contributed by atoms with Crippen molar-refractivity contribution in [3.05, 3.63) is 0 Å². The van der Waals surface area contributed by atoms with E-state index in [1.807, 2.05) is 0 Å². The van der Waals surface area contributed by atoms with Crippen LogP contribution in [0.5, 0.6) is 0 Å². The van der Waals surface area contributed by atoms with E-state index in [2.05, 4.69) is 4.90 Å². The lowest BCUT2D eigenvalue weighted by molar-refractivity contribution is -0.185. The first kappa shape index (κ1) is 11.6. The van der Waals surface area contributed by atoms with Crippen LogP contribution in [0.4, 0.5) is 0 Å². The van der Waals surface area contributed by atoms with Gasteiger partial charge < -0.3 is 14.4 Å². The summed E-state index contributed by atoms with van der Waals surface area (Å²) in [7, 11) is 0. The summed E-state index contributed by atoms with van der Waals surface area (Å²) < 4.78 is 11.4. The average Bonchev–Trinajstić information content (AvgIpc) is 2.79. The Bertz CT molecular complexity index is 289. The van der Waals surface area contributed by atoms with Gasteiger partial charge in [0.05, 0.1) is 13.2 Å². The highest BCUT2D eigenvalue weighted by molar-refractivity contribution is 5.86. The topological polar surface area (TPSA) is 38.8 Å². The number of carbonyl (C=O) groups is 1. The molecule has 1 unspecified atom stereocenters. The normalized spacial score (nSPS) is 32.9. The maximum atomic E-state index is 11.2. The number of rotatable bonds is 3. The number of likely N-dealkylation sites (tertiary alicyclic amines) is 1. The summed E-state index contributed by atoms with van der Waals surface area (Å²) >= 11 is 0. The molecule has 0 aromatic carbocycles.